The zero-order chi connectivity index (χ0) is 22.1. The molecule has 4 aromatic rings. The smallest absolute Gasteiger partial charge is 0.258 e. The van der Waals surface area contributed by atoms with Crippen molar-refractivity contribution >= 4 is 16.8 Å². The molecular formula is C24H18FN3O4. The first-order valence-corrected chi connectivity index (χ1v) is 9.99. The third-order valence-corrected chi connectivity index (χ3v) is 5.20. The lowest BCUT2D eigenvalue weighted by Crippen LogP contribution is -2.32. The Morgan fingerprint density at radius 3 is 2.66 bits per heavy atom. The molecule has 32 heavy (non-hydrogen) atoms. The molecule has 0 unspecified atom stereocenters. The molecule has 0 saturated heterocycles. The Balaban J connectivity index is 1.51. The van der Waals surface area contributed by atoms with Crippen molar-refractivity contribution in [2.45, 2.75) is 13.1 Å². The average molecular weight is 431 g/mol. The second-order valence-corrected chi connectivity index (χ2v) is 7.36. The van der Waals surface area contributed by atoms with E-state index >= 15 is 0 Å². The van der Waals surface area contributed by atoms with Crippen LogP contribution in [-0.4, -0.2) is 27.6 Å². The van der Waals surface area contributed by atoms with Gasteiger partial charge in [0.2, 0.25) is 6.79 Å². The summed E-state index contributed by atoms with van der Waals surface area (Å²) in [6.45, 7) is 0.279. The number of amides is 1. The van der Waals surface area contributed by atoms with Crippen LogP contribution in [0.25, 0.3) is 10.9 Å². The van der Waals surface area contributed by atoms with Gasteiger partial charge < -0.3 is 19.4 Å². The Hall–Kier alpha value is -4.20. The molecule has 0 atom stereocenters. The highest BCUT2D eigenvalue weighted by molar-refractivity contribution is 5.94. The minimum atomic E-state index is -0.617. The van der Waals surface area contributed by atoms with E-state index in [1.54, 1.807) is 42.5 Å². The van der Waals surface area contributed by atoms with E-state index in [1.807, 2.05) is 6.07 Å². The SMILES string of the molecule is O=C(c1ccccc1F)N(Cc1ccc2c(c1)OCO2)Cc1nc2ccccc2c(=O)[nH]1. The van der Waals surface area contributed by atoms with Crippen molar-refractivity contribution in [2.75, 3.05) is 6.79 Å². The molecule has 0 spiro atoms. The lowest BCUT2D eigenvalue weighted by Gasteiger charge is -2.23. The monoisotopic (exact) mass is 431 g/mol. The predicted molar refractivity (Wildman–Crippen MR) is 115 cm³/mol. The second kappa shape index (κ2) is 8.14. The first-order valence-electron chi connectivity index (χ1n) is 9.99. The molecule has 1 N–H and O–H groups in total. The number of nitrogens with zero attached hydrogens (tertiary/aromatic N) is 2. The summed E-state index contributed by atoms with van der Waals surface area (Å²) < 4.78 is 25.1. The van der Waals surface area contributed by atoms with E-state index in [2.05, 4.69) is 9.97 Å². The van der Waals surface area contributed by atoms with Crippen LogP contribution < -0.4 is 15.0 Å². The maximum atomic E-state index is 14.4. The number of benzene rings is 3. The standard InChI is InChI=1S/C24H18FN3O4/c25-18-7-3-1-5-16(18)24(30)28(12-15-9-10-20-21(11-15)32-14-31-20)13-22-26-19-8-4-2-6-17(19)23(29)27-22/h1-11H,12-14H2,(H,26,27,29). The summed E-state index contributed by atoms with van der Waals surface area (Å²) in [5, 5.41) is 0.457. The topological polar surface area (TPSA) is 84.5 Å². The van der Waals surface area contributed by atoms with E-state index in [0.717, 1.165) is 5.56 Å². The van der Waals surface area contributed by atoms with E-state index in [9.17, 15) is 14.0 Å². The maximum absolute atomic E-state index is 14.4. The molecule has 1 aromatic heterocycles. The number of hydrogen-bond donors (Lipinski definition) is 1. The van der Waals surface area contributed by atoms with Gasteiger partial charge in [-0.1, -0.05) is 30.3 Å². The molecule has 1 amide bonds. The van der Waals surface area contributed by atoms with Crippen molar-refractivity contribution < 1.29 is 18.7 Å². The van der Waals surface area contributed by atoms with Crippen LogP contribution in [0.4, 0.5) is 4.39 Å². The number of fused-ring (bicyclic) bond motifs is 2. The van der Waals surface area contributed by atoms with Crippen LogP contribution in [0.5, 0.6) is 11.5 Å². The van der Waals surface area contributed by atoms with Crippen molar-refractivity contribution in [3.8, 4) is 11.5 Å². The number of rotatable bonds is 5. The molecule has 0 bridgehead atoms. The molecule has 5 rings (SSSR count). The van der Waals surface area contributed by atoms with Crippen LogP contribution in [-0.2, 0) is 13.1 Å². The van der Waals surface area contributed by atoms with E-state index in [0.29, 0.717) is 28.2 Å². The van der Waals surface area contributed by atoms with Gasteiger partial charge in [0.25, 0.3) is 11.5 Å². The number of aromatic amines is 1. The molecule has 1 aliphatic rings. The number of halogens is 1. The Morgan fingerprint density at radius 1 is 1.00 bits per heavy atom. The minimum absolute atomic E-state index is 0.0122. The number of ether oxygens (including phenoxy) is 2. The summed E-state index contributed by atoms with van der Waals surface area (Å²) in [5.74, 6) is 0.378. The third-order valence-electron chi connectivity index (χ3n) is 5.20. The molecule has 3 aromatic carbocycles. The molecule has 0 aliphatic carbocycles. The summed E-state index contributed by atoms with van der Waals surface area (Å²) >= 11 is 0. The van der Waals surface area contributed by atoms with Gasteiger partial charge in [-0.15, -0.1) is 0 Å². The van der Waals surface area contributed by atoms with Gasteiger partial charge >= 0.3 is 0 Å². The molecule has 160 valence electrons. The third kappa shape index (κ3) is 3.78. The van der Waals surface area contributed by atoms with Gasteiger partial charge in [-0.2, -0.15) is 0 Å². The van der Waals surface area contributed by atoms with E-state index in [1.165, 1.54) is 23.1 Å². The van der Waals surface area contributed by atoms with Gasteiger partial charge in [0, 0.05) is 6.54 Å². The normalized spacial score (nSPS) is 12.2. The van der Waals surface area contributed by atoms with Crippen molar-refractivity contribution in [1.82, 2.24) is 14.9 Å². The van der Waals surface area contributed by atoms with Crippen LogP contribution in [0.1, 0.15) is 21.7 Å². The average Bonchev–Trinajstić information content (AvgIpc) is 3.26. The Morgan fingerprint density at radius 2 is 1.78 bits per heavy atom. The van der Waals surface area contributed by atoms with Crippen molar-refractivity contribution in [2.24, 2.45) is 0 Å². The van der Waals surface area contributed by atoms with Crippen LogP contribution in [0.2, 0.25) is 0 Å². The van der Waals surface area contributed by atoms with Crippen LogP contribution in [0.15, 0.2) is 71.5 Å². The molecule has 2 heterocycles. The number of para-hydroxylation sites is 1. The van der Waals surface area contributed by atoms with Gasteiger partial charge in [-0.25, -0.2) is 9.37 Å². The number of carbonyl (C=O) groups excluding carboxylic acids is 1. The van der Waals surface area contributed by atoms with Gasteiger partial charge in [0.15, 0.2) is 11.5 Å². The van der Waals surface area contributed by atoms with Crippen molar-refractivity contribution in [3.63, 3.8) is 0 Å². The fourth-order valence-electron chi connectivity index (χ4n) is 3.65. The first-order chi connectivity index (χ1) is 15.6. The lowest BCUT2D eigenvalue weighted by molar-refractivity contribution is 0.0720. The highest BCUT2D eigenvalue weighted by atomic mass is 19.1. The molecular weight excluding hydrogens is 413 g/mol. The quantitative estimate of drug-likeness (QED) is 0.522. The molecule has 8 heteroatoms. The zero-order valence-corrected chi connectivity index (χ0v) is 16.9. The summed E-state index contributed by atoms with van der Waals surface area (Å²) in [6, 6.07) is 18.1. The fourth-order valence-corrected chi connectivity index (χ4v) is 3.65. The highest BCUT2D eigenvalue weighted by Crippen LogP contribution is 2.33. The highest BCUT2D eigenvalue weighted by Gasteiger charge is 2.22. The van der Waals surface area contributed by atoms with Crippen molar-refractivity contribution in [3.05, 3.63) is 99.9 Å². The number of carbonyl (C=O) groups is 1. The van der Waals surface area contributed by atoms with Crippen LogP contribution in [0.3, 0.4) is 0 Å². The molecule has 0 fully saturated rings. The number of hydrogen-bond acceptors (Lipinski definition) is 5. The van der Waals surface area contributed by atoms with E-state index in [-0.39, 0.29) is 31.0 Å². The van der Waals surface area contributed by atoms with Crippen molar-refractivity contribution in [1.29, 1.82) is 0 Å². The number of H-pyrrole nitrogens is 1. The lowest BCUT2D eigenvalue weighted by atomic mass is 10.1. The largest absolute Gasteiger partial charge is 0.454 e. The van der Waals surface area contributed by atoms with Gasteiger partial charge in [0.05, 0.1) is 23.0 Å². The zero-order valence-electron chi connectivity index (χ0n) is 16.9. The van der Waals surface area contributed by atoms with Gasteiger partial charge in [-0.3, -0.25) is 9.59 Å². The fraction of sp³-hybridized carbons (Fsp3) is 0.125. The second-order valence-electron chi connectivity index (χ2n) is 7.36. The first kappa shape index (κ1) is 19.7. The predicted octanol–water partition coefficient (Wildman–Crippen LogP) is 3.63. The Labute approximate surface area is 182 Å². The van der Waals surface area contributed by atoms with Gasteiger partial charge in [-0.05, 0) is 42.0 Å². The number of nitrogens with one attached hydrogen (secondary N) is 1. The number of aromatic nitrogens is 2. The van der Waals surface area contributed by atoms with Crippen LogP contribution >= 0.6 is 0 Å². The maximum Gasteiger partial charge on any atom is 0.258 e. The Kier molecular flexibility index (Phi) is 5.03. The minimum Gasteiger partial charge on any atom is -0.454 e. The summed E-state index contributed by atoms with van der Waals surface area (Å²) in [7, 11) is 0. The molecule has 7 nitrogen and oxygen atoms in total. The van der Waals surface area contributed by atoms with E-state index < -0.39 is 11.7 Å². The summed E-state index contributed by atoms with van der Waals surface area (Å²) in [6.07, 6.45) is 0. The summed E-state index contributed by atoms with van der Waals surface area (Å²) in [4.78, 5) is 34.4. The summed E-state index contributed by atoms with van der Waals surface area (Å²) in [5.41, 5.74) is 0.929. The Bertz CT molecular complexity index is 1390. The van der Waals surface area contributed by atoms with Crippen LogP contribution in [0, 0.1) is 5.82 Å². The van der Waals surface area contributed by atoms with Gasteiger partial charge in [0.1, 0.15) is 11.6 Å². The molecule has 0 radical (unpaired) electrons. The molecule has 1 aliphatic heterocycles. The van der Waals surface area contributed by atoms with E-state index in [4.69, 9.17) is 9.47 Å². The molecule has 0 saturated carbocycles.